The number of nitrogens with two attached hydrogens (primary N) is 1. The highest BCUT2D eigenvalue weighted by molar-refractivity contribution is 5.85. The van der Waals surface area contributed by atoms with Crippen molar-refractivity contribution in [2.24, 2.45) is 5.73 Å². The van der Waals surface area contributed by atoms with Crippen LogP contribution in [0, 0.1) is 0 Å². The van der Waals surface area contributed by atoms with Crippen LogP contribution in [-0.2, 0) is 4.79 Å². The van der Waals surface area contributed by atoms with Crippen molar-refractivity contribution >= 4 is 30.7 Å². The van der Waals surface area contributed by atoms with Crippen molar-refractivity contribution in [2.75, 3.05) is 20.1 Å². The molecule has 0 aromatic heterocycles. The maximum atomic E-state index is 11.9. The fourth-order valence-corrected chi connectivity index (χ4v) is 2.99. The first-order chi connectivity index (χ1) is 10.2. The van der Waals surface area contributed by atoms with E-state index in [1.165, 1.54) is 25.7 Å². The summed E-state index contributed by atoms with van der Waals surface area (Å²) in [4.78, 5) is 14.3. The molecule has 0 spiro atoms. The van der Waals surface area contributed by atoms with Crippen LogP contribution >= 0.6 is 24.8 Å². The van der Waals surface area contributed by atoms with Gasteiger partial charge in [0.25, 0.3) is 0 Å². The average Bonchev–Trinajstić information content (AvgIpc) is 3.02. The molecule has 0 heterocycles. The Bertz CT molecular complexity index is 439. The van der Waals surface area contributed by atoms with Crippen LogP contribution < -0.4 is 11.1 Å². The van der Waals surface area contributed by atoms with Crippen molar-refractivity contribution in [3.63, 3.8) is 0 Å². The van der Waals surface area contributed by atoms with Crippen LogP contribution in [0.4, 0.5) is 0 Å². The van der Waals surface area contributed by atoms with E-state index in [0.717, 1.165) is 12.1 Å². The molecule has 4 nitrogen and oxygen atoms in total. The molecule has 0 aliphatic heterocycles. The Hall–Kier alpha value is -0.810. The summed E-state index contributed by atoms with van der Waals surface area (Å²) >= 11 is 0. The summed E-state index contributed by atoms with van der Waals surface area (Å²) < 4.78 is 0. The van der Waals surface area contributed by atoms with E-state index in [1.54, 1.807) is 0 Å². The molecule has 6 heteroatoms. The monoisotopic (exact) mass is 361 g/mol. The zero-order chi connectivity index (χ0) is 15.1. The highest BCUT2D eigenvalue weighted by Crippen LogP contribution is 2.21. The fourth-order valence-electron chi connectivity index (χ4n) is 2.99. The minimum absolute atomic E-state index is 0. The molecule has 1 saturated carbocycles. The lowest BCUT2D eigenvalue weighted by molar-refractivity contribution is -0.121. The largest absolute Gasteiger partial charge is 0.355 e. The number of carbonyl (C=O) groups is 1. The van der Waals surface area contributed by atoms with Gasteiger partial charge in [0.05, 0.1) is 0 Å². The molecule has 1 unspecified atom stereocenters. The first-order valence-electron chi connectivity index (χ1n) is 7.94. The highest BCUT2D eigenvalue weighted by atomic mass is 35.5. The summed E-state index contributed by atoms with van der Waals surface area (Å²) in [6, 6.07) is 10.3. The third kappa shape index (κ3) is 7.53. The maximum Gasteiger partial charge on any atom is 0.221 e. The van der Waals surface area contributed by atoms with Gasteiger partial charge in [-0.05, 0) is 25.5 Å². The van der Waals surface area contributed by atoms with Gasteiger partial charge >= 0.3 is 0 Å². The second-order valence-electron chi connectivity index (χ2n) is 5.99. The molecule has 1 aliphatic carbocycles. The summed E-state index contributed by atoms with van der Waals surface area (Å²) in [5.74, 6) is 0.0335. The maximum absolute atomic E-state index is 11.9. The normalized spacial score (nSPS) is 15.6. The van der Waals surface area contributed by atoms with Gasteiger partial charge in [-0.15, -0.1) is 24.8 Å². The zero-order valence-electron chi connectivity index (χ0n) is 13.7. The van der Waals surface area contributed by atoms with E-state index in [-0.39, 0.29) is 36.8 Å². The molecule has 1 aromatic rings. The summed E-state index contributed by atoms with van der Waals surface area (Å²) in [6.45, 7) is 1.62. The Morgan fingerprint density at radius 3 is 2.48 bits per heavy atom. The molecule has 1 amide bonds. The SMILES string of the molecule is CN(CCNC(=O)CC(N)c1ccccc1)C1CCCC1.Cl.Cl. The number of nitrogens with zero attached hydrogens (tertiary/aromatic N) is 1. The Morgan fingerprint density at radius 1 is 1.26 bits per heavy atom. The van der Waals surface area contributed by atoms with Gasteiger partial charge in [-0.3, -0.25) is 4.79 Å². The Kier molecular flexibility index (Phi) is 11.3. The number of benzene rings is 1. The molecule has 0 bridgehead atoms. The van der Waals surface area contributed by atoms with Crippen LogP contribution in [0.25, 0.3) is 0 Å². The van der Waals surface area contributed by atoms with E-state index in [9.17, 15) is 4.79 Å². The lowest BCUT2D eigenvalue weighted by Gasteiger charge is -2.24. The number of carbonyl (C=O) groups excluding carboxylic acids is 1. The molecule has 132 valence electrons. The lowest BCUT2D eigenvalue weighted by Crippen LogP contribution is -2.38. The molecule has 2 rings (SSSR count). The molecule has 1 fully saturated rings. The molecule has 1 aromatic carbocycles. The topological polar surface area (TPSA) is 58.4 Å². The first kappa shape index (κ1) is 22.2. The molecule has 1 aliphatic rings. The smallest absolute Gasteiger partial charge is 0.221 e. The van der Waals surface area contributed by atoms with Crippen LogP contribution in [0.3, 0.4) is 0 Å². The van der Waals surface area contributed by atoms with E-state index in [1.807, 2.05) is 30.3 Å². The second-order valence-corrected chi connectivity index (χ2v) is 5.99. The van der Waals surface area contributed by atoms with Gasteiger partial charge in [0.1, 0.15) is 0 Å². The van der Waals surface area contributed by atoms with E-state index in [0.29, 0.717) is 19.0 Å². The van der Waals surface area contributed by atoms with Crippen molar-refractivity contribution in [3.05, 3.63) is 35.9 Å². The first-order valence-corrected chi connectivity index (χ1v) is 7.94. The fraction of sp³-hybridized carbons (Fsp3) is 0.588. The molecule has 1 atom stereocenters. The van der Waals surface area contributed by atoms with Crippen LogP contribution in [0.2, 0.25) is 0 Å². The summed E-state index contributed by atoms with van der Waals surface area (Å²) in [5.41, 5.74) is 7.07. The van der Waals surface area contributed by atoms with Gasteiger partial charge in [0, 0.05) is 31.6 Å². The van der Waals surface area contributed by atoms with E-state index in [4.69, 9.17) is 5.73 Å². The van der Waals surface area contributed by atoms with Crippen molar-refractivity contribution in [2.45, 2.75) is 44.2 Å². The second kappa shape index (κ2) is 11.7. The van der Waals surface area contributed by atoms with E-state index < -0.39 is 0 Å². The minimum Gasteiger partial charge on any atom is -0.355 e. The van der Waals surface area contributed by atoms with Crippen molar-refractivity contribution in [1.82, 2.24) is 10.2 Å². The van der Waals surface area contributed by atoms with Gasteiger partial charge in [0.2, 0.25) is 5.91 Å². The third-order valence-corrected chi connectivity index (χ3v) is 4.37. The molecule has 3 N–H and O–H groups in total. The van der Waals surface area contributed by atoms with Crippen LogP contribution in [0.15, 0.2) is 30.3 Å². The Balaban J connectivity index is 0.00000242. The van der Waals surface area contributed by atoms with Crippen LogP contribution in [0.5, 0.6) is 0 Å². The van der Waals surface area contributed by atoms with Crippen molar-refractivity contribution in [3.8, 4) is 0 Å². The molecule has 0 saturated heterocycles. The molecular weight excluding hydrogens is 333 g/mol. The van der Waals surface area contributed by atoms with E-state index >= 15 is 0 Å². The molecular formula is C17H29Cl2N3O. The lowest BCUT2D eigenvalue weighted by atomic mass is 10.0. The van der Waals surface area contributed by atoms with Gasteiger partial charge in [-0.2, -0.15) is 0 Å². The summed E-state index contributed by atoms with van der Waals surface area (Å²) in [7, 11) is 2.15. The number of hydrogen-bond donors (Lipinski definition) is 2. The minimum atomic E-state index is -0.223. The average molecular weight is 362 g/mol. The molecule has 0 radical (unpaired) electrons. The predicted octanol–water partition coefficient (Wildman–Crippen LogP) is 2.91. The summed E-state index contributed by atoms with van der Waals surface area (Å²) in [5, 5.41) is 2.98. The number of hydrogen-bond acceptors (Lipinski definition) is 3. The third-order valence-electron chi connectivity index (χ3n) is 4.37. The number of nitrogens with one attached hydrogen (secondary N) is 1. The number of likely N-dealkylation sites (N-methyl/N-ethyl adjacent to an activating group) is 1. The number of halogens is 2. The van der Waals surface area contributed by atoms with Crippen LogP contribution in [-0.4, -0.2) is 37.0 Å². The van der Waals surface area contributed by atoms with Gasteiger partial charge in [-0.1, -0.05) is 43.2 Å². The molecule has 23 heavy (non-hydrogen) atoms. The van der Waals surface area contributed by atoms with E-state index in [2.05, 4.69) is 17.3 Å². The zero-order valence-corrected chi connectivity index (χ0v) is 15.4. The van der Waals surface area contributed by atoms with Crippen molar-refractivity contribution in [1.29, 1.82) is 0 Å². The van der Waals surface area contributed by atoms with Gasteiger partial charge in [0.15, 0.2) is 0 Å². The number of amides is 1. The Labute approximate surface area is 152 Å². The standard InChI is InChI=1S/C17H27N3O.2ClH/c1-20(15-9-5-6-10-15)12-11-19-17(21)13-16(18)14-7-3-2-4-8-14;;/h2-4,7-8,15-16H,5-6,9-13,18H2,1H3,(H,19,21);2*1H. The summed E-state index contributed by atoms with van der Waals surface area (Å²) in [6.07, 6.45) is 5.62. The highest BCUT2D eigenvalue weighted by Gasteiger charge is 2.19. The van der Waals surface area contributed by atoms with Crippen LogP contribution in [0.1, 0.15) is 43.7 Å². The van der Waals surface area contributed by atoms with Crippen molar-refractivity contribution < 1.29 is 4.79 Å². The van der Waals surface area contributed by atoms with Gasteiger partial charge < -0.3 is 16.0 Å². The van der Waals surface area contributed by atoms with Gasteiger partial charge in [-0.25, -0.2) is 0 Å². The number of rotatable bonds is 7. The predicted molar refractivity (Wildman–Crippen MR) is 100 cm³/mol. The quantitative estimate of drug-likeness (QED) is 0.784. The Morgan fingerprint density at radius 2 is 1.87 bits per heavy atom.